The number of amides is 1. The van der Waals surface area contributed by atoms with Crippen LogP contribution in [-0.2, 0) is 4.79 Å². The molecule has 2 N–H and O–H groups in total. The molecule has 0 radical (unpaired) electrons. The van der Waals surface area contributed by atoms with Crippen molar-refractivity contribution in [2.45, 2.75) is 13.1 Å². The molecule has 2 rings (SSSR count). The van der Waals surface area contributed by atoms with Gasteiger partial charge in [0.2, 0.25) is 5.91 Å². The lowest BCUT2D eigenvalue weighted by atomic mass is 9.94. The van der Waals surface area contributed by atoms with Crippen molar-refractivity contribution in [3.05, 3.63) is 24.0 Å². The van der Waals surface area contributed by atoms with Gasteiger partial charge in [-0.1, -0.05) is 0 Å². The van der Waals surface area contributed by atoms with Gasteiger partial charge in [-0.3, -0.25) is 9.78 Å². The van der Waals surface area contributed by atoms with Gasteiger partial charge in [-0.2, -0.15) is 13.2 Å². The van der Waals surface area contributed by atoms with Crippen LogP contribution in [0.5, 0.6) is 0 Å². The first-order valence-electron chi connectivity index (χ1n) is 5.88. The van der Waals surface area contributed by atoms with E-state index in [-0.39, 0.29) is 37.9 Å². The highest BCUT2D eigenvalue weighted by Gasteiger charge is 2.49. The van der Waals surface area contributed by atoms with Crippen molar-refractivity contribution in [1.82, 2.24) is 10.3 Å². The zero-order chi connectivity index (χ0) is 14.0. The second kappa shape index (κ2) is 7.82. The molecule has 1 saturated heterocycles. The Morgan fingerprint density at radius 2 is 2.05 bits per heavy atom. The number of nitrogens with one attached hydrogen (secondary N) is 2. The Kier molecular flexibility index (Phi) is 7.43. The normalized spacial score (nSPS) is 21.1. The van der Waals surface area contributed by atoms with Crippen LogP contribution in [0.3, 0.4) is 0 Å². The topological polar surface area (TPSA) is 54.0 Å². The highest BCUT2D eigenvalue weighted by molar-refractivity contribution is 5.93. The van der Waals surface area contributed by atoms with E-state index in [0.29, 0.717) is 11.3 Å². The fourth-order valence-electron chi connectivity index (χ4n) is 2.14. The highest BCUT2D eigenvalue weighted by atomic mass is 35.5. The zero-order valence-corrected chi connectivity index (χ0v) is 12.7. The lowest BCUT2D eigenvalue weighted by Crippen LogP contribution is -2.36. The van der Waals surface area contributed by atoms with Gasteiger partial charge in [-0.05, 0) is 18.6 Å². The van der Waals surface area contributed by atoms with Crippen LogP contribution < -0.4 is 10.6 Å². The lowest BCUT2D eigenvalue weighted by Gasteiger charge is -2.21. The molecular weight excluding hydrogens is 330 g/mol. The molecule has 0 bridgehead atoms. The van der Waals surface area contributed by atoms with Gasteiger partial charge in [0.25, 0.3) is 0 Å². The Morgan fingerprint density at radius 3 is 2.62 bits per heavy atom. The molecule has 0 unspecified atom stereocenters. The Hall–Kier alpha value is -1.05. The van der Waals surface area contributed by atoms with Gasteiger partial charge < -0.3 is 10.6 Å². The van der Waals surface area contributed by atoms with Crippen LogP contribution in [0.1, 0.15) is 5.56 Å². The molecule has 1 aromatic heterocycles. The summed E-state index contributed by atoms with van der Waals surface area (Å²) in [6.07, 6.45) is -1.33. The molecule has 4 nitrogen and oxygen atoms in total. The van der Waals surface area contributed by atoms with E-state index in [4.69, 9.17) is 0 Å². The summed E-state index contributed by atoms with van der Waals surface area (Å²) in [5, 5.41) is 5.15. The number of nitrogens with zero attached hydrogens (tertiary/aromatic N) is 1. The van der Waals surface area contributed by atoms with Gasteiger partial charge >= 0.3 is 6.18 Å². The van der Waals surface area contributed by atoms with E-state index in [1.165, 1.54) is 6.20 Å². The lowest BCUT2D eigenvalue weighted by molar-refractivity contribution is -0.181. The van der Waals surface area contributed by atoms with Crippen molar-refractivity contribution in [1.29, 1.82) is 0 Å². The summed E-state index contributed by atoms with van der Waals surface area (Å²) in [4.78, 5) is 15.8. The van der Waals surface area contributed by atoms with Crippen molar-refractivity contribution in [3.63, 3.8) is 0 Å². The minimum atomic E-state index is -4.36. The van der Waals surface area contributed by atoms with Crippen molar-refractivity contribution in [2.75, 3.05) is 18.4 Å². The standard InChI is InChI=1S/C12H14F3N3O.2ClH/c1-7-4-16-3-2-10(7)18-11(19)8-5-17-6-9(8)12(13,14)15;;/h2-4,8-9,17H,5-6H2,1H3,(H,16,18,19);2*1H/t8-,9-;;/m1../s1. The number of halogens is 5. The summed E-state index contributed by atoms with van der Waals surface area (Å²) >= 11 is 0. The van der Waals surface area contributed by atoms with E-state index in [0.717, 1.165) is 0 Å². The molecule has 0 aromatic carbocycles. The van der Waals surface area contributed by atoms with Crippen LogP contribution in [0.25, 0.3) is 0 Å². The van der Waals surface area contributed by atoms with Crippen molar-refractivity contribution >= 4 is 36.4 Å². The molecule has 2 atom stereocenters. The summed E-state index contributed by atoms with van der Waals surface area (Å²) in [6.45, 7) is 1.56. The largest absolute Gasteiger partial charge is 0.393 e. The molecular formula is C12H16Cl2F3N3O. The number of hydrogen-bond donors (Lipinski definition) is 2. The third-order valence-corrected chi connectivity index (χ3v) is 3.25. The summed E-state index contributed by atoms with van der Waals surface area (Å²) in [7, 11) is 0. The minimum absolute atomic E-state index is 0. The first-order chi connectivity index (χ1) is 8.89. The average molecular weight is 346 g/mol. The van der Waals surface area contributed by atoms with Crippen molar-refractivity contribution in [2.24, 2.45) is 11.8 Å². The quantitative estimate of drug-likeness (QED) is 0.866. The van der Waals surface area contributed by atoms with Crippen LogP contribution in [0, 0.1) is 18.8 Å². The first-order valence-corrected chi connectivity index (χ1v) is 5.88. The van der Waals surface area contributed by atoms with Gasteiger partial charge in [-0.25, -0.2) is 0 Å². The molecule has 0 aliphatic carbocycles. The van der Waals surface area contributed by atoms with E-state index >= 15 is 0 Å². The number of aromatic nitrogens is 1. The third kappa shape index (κ3) is 4.72. The van der Waals surface area contributed by atoms with E-state index in [1.807, 2.05) is 0 Å². The fraction of sp³-hybridized carbons (Fsp3) is 0.500. The van der Waals surface area contributed by atoms with Crippen molar-refractivity contribution < 1.29 is 18.0 Å². The minimum Gasteiger partial charge on any atom is -0.325 e. The van der Waals surface area contributed by atoms with Crippen LogP contribution in [0.15, 0.2) is 18.5 Å². The number of carbonyl (C=O) groups is 1. The van der Waals surface area contributed by atoms with Gasteiger partial charge in [0.1, 0.15) is 0 Å². The molecule has 120 valence electrons. The Bertz CT molecular complexity index is 485. The van der Waals surface area contributed by atoms with Gasteiger partial charge in [0, 0.05) is 31.2 Å². The van der Waals surface area contributed by atoms with Gasteiger partial charge in [0.15, 0.2) is 0 Å². The number of aryl methyl sites for hydroxylation is 1. The van der Waals surface area contributed by atoms with Crippen LogP contribution in [-0.4, -0.2) is 30.2 Å². The van der Waals surface area contributed by atoms with Crippen LogP contribution in [0.4, 0.5) is 18.9 Å². The molecule has 0 spiro atoms. The Labute approximate surface area is 132 Å². The van der Waals surface area contributed by atoms with E-state index in [9.17, 15) is 18.0 Å². The number of carbonyl (C=O) groups excluding carboxylic acids is 1. The second-order valence-electron chi connectivity index (χ2n) is 4.59. The SMILES string of the molecule is Cc1cnccc1NC(=O)[C@@H]1CNC[C@H]1C(F)(F)F.Cl.Cl. The average Bonchev–Trinajstić information content (AvgIpc) is 2.81. The number of alkyl halides is 3. The Balaban J connectivity index is 0.00000200. The predicted octanol–water partition coefficient (Wildman–Crippen LogP) is 2.57. The highest BCUT2D eigenvalue weighted by Crippen LogP contribution is 2.35. The maximum atomic E-state index is 12.8. The maximum absolute atomic E-state index is 12.8. The molecule has 1 aliphatic rings. The van der Waals surface area contributed by atoms with E-state index in [2.05, 4.69) is 15.6 Å². The number of rotatable bonds is 2. The molecule has 0 saturated carbocycles. The summed E-state index contributed by atoms with van der Waals surface area (Å²) in [5.41, 5.74) is 1.21. The maximum Gasteiger partial charge on any atom is 0.393 e. The molecule has 9 heteroatoms. The van der Waals surface area contributed by atoms with Crippen LogP contribution >= 0.6 is 24.8 Å². The monoisotopic (exact) mass is 345 g/mol. The number of anilines is 1. The number of pyridine rings is 1. The summed E-state index contributed by atoms with van der Waals surface area (Å²) in [6, 6.07) is 1.57. The van der Waals surface area contributed by atoms with Crippen LogP contribution in [0.2, 0.25) is 0 Å². The molecule has 1 amide bonds. The summed E-state index contributed by atoms with van der Waals surface area (Å²) < 4.78 is 38.3. The molecule has 1 aromatic rings. The van der Waals surface area contributed by atoms with E-state index in [1.54, 1.807) is 19.2 Å². The molecule has 2 heterocycles. The van der Waals surface area contributed by atoms with Crippen molar-refractivity contribution in [3.8, 4) is 0 Å². The van der Waals surface area contributed by atoms with Gasteiger partial charge in [0.05, 0.1) is 11.8 Å². The number of hydrogen-bond acceptors (Lipinski definition) is 3. The Morgan fingerprint density at radius 1 is 1.38 bits per heavy atom. The van der Waals surface area contributed by atoms with E-state index < -0.39 is 23.9 Å². The second-order valence-corrected chi connectivity index (χ2v) is 4.59. The predicted molar refractivity (Wildman–Crippen MR) is 78.0 cm³/mol. The fourth-order valence-corrected chi connectivity index (χ4v) is 2.14. The molecule has 1 aliphatic heterocycles. The van der Waals surface area contributed by atoms with Gasteiger partial charge in [-0.15, -0.1) is 24.8 Å². The first kappa shape index (κ1) is 19.9. The third-order valence-electron chi connectivity index (χ3n) is 3.25. The zero-order valence-electron chi connectivity index (χ0n) is 11.1. The molecule has 21 heavy (non-hydrogen) atoms. The molecule has 1 fully saturated rings. The summed E-state index contributed by atoms with van der Waals surface area (Å²) in [5.74, 6) is -3.33. The smallest absolute Gasteiger partial charge is 0.325 e.